The molecule has 11 nitrogen and oxygen atoms in total. The van der Waals surface area contributed by atoms with Crippen LogP contribution in [-0.4, -0.2) is 40.9 Å². The number of sulfonamides is 1. The predicted octanol–water partition coefficient (Wildman–Crippen LogP) is 3.27. The summed E-state index contributed by atoms with van der Waals surface area (Å²) in [7, 11) is -3.81. The van der Waals surface area contributed by atoms with E-state index in [4.69, 9.17) is 5.14 Å². The molecule has 0 unspecified atom stereocenters. The van der Waals surface area contributed by atoms with Crippen molar-refractivity contribution in [3.63, 3.8) is 0 Å². The Bertz CT molecular complexity index is 1420. The van der Waals surface area contributed by atoms with Crippen LogP contribution in [0.4, 0.5) is 11.4 Å². The Labute approximate surface area is 190 Å². The van der Waals surface area contributed by atoms with Gasteiger partial charge < -0.3 is 20.4 Å². The molecule has 0 fully saturated rings. The van der Waals surface area contributed by atoms with Crippen LogP contribution in [-0.2, 0) is 16.4 Å². The highest BCUT2D eigenvalue weighted by Gasteiger charge is 2.14. The van der Waals surface area contributed by atoms with Crippen molar-refractivity contribution in [1.29, 1.82) is 0 Å². The van der Waals surface area contributed by atoms with Crippen molar-refractivity contribution in [1.82, 2.24) is 20.3 Å². The van der Waals surface area contributed by atoms with E-state index in [9.17, 15) is 18.3 Å². The van der Waals surface area contributed by atoms with Gasteiger partial charge in [-0.05, 0) is 55.3 Å². The maximum atomic E-state index is 12.5. The molecule has 172 valence electrons. The van der Waals surface area contributed by atoms with Gasteiger partial charge in [0.05, 0.1) is 22.4 Å². The molecule has 4 rings (SSSR count). The minimum Gasteiger partial charge on any atom is -0.493 e. The maximum Gasteiger partial charge on any atom is 0.251 e. The number of aromatic hydroxyl groups is 1. The number of aromatic amines is 2. The number of nitrogens with one attached hydrogen (secondary N) is 3. The van der Waals surface area contributed by atoms with Crippen molar-refractivity contribution in [2.24, 2.45) is 15.4 Å². The summed E-state index contributed by atoms with van der Waals surface area (Å²) in [5.74, 6) is -0.448. The molecule has 0 bridgehead atoms. The third-order valence-electron chi connectivity index (χ3n) is 4.91. The number of carbonyl (C=O) groups excluding carboxylic acids is 1. The van der Waals surface area contributed by atoms with Crippen molar-refractivity contribution < 1.29 is 19.7 Å². The SMILES string of the molecule is NS(=O)(=O)c1ccc(N=Nc2c(O)[nH]c3ccc(C(=O)NCCCc4cnc[nH]4)cc23)cc1.[HH]. The summed E-state index contributed by atoms with van der Waals surface area (Å²) in [6, 6.07) is 10.5. The number of primary sulfonamides is 1. The summed E-state index contributed by atoms with van der Waals surface area (Å²) < 4.78 is 22.7. The number of hydrogen-bond acceptors (Lipinski definition) is 7. The van der Waals surface area contributed by atoms with Gasteiger partial charge in [0.1, 0.15) is 0 Å². The quantitative estimate of drug-likeness (QED) is 0.196. The molecule has 0 saturated carbocycles. The summed E-state index contributed by atoms with van der Waals surface area (Å²) in [6.45, 7) is 0.495. The number of imidazole rings is 1. The molecule has 0 aliphatic rings. The van der Waals surface area contributed by atoms with Gasteiger partial charge in [0.2, 0.25) is 15.9 Å². The number of benzene rings is 2. The first kappa shape index (κ1) is 22.2. The monoisotopic (exact) mass is 469 g/mol. The van der Waals surface area contributed by atoms with E-state index in [0.29, 0.717) is 28.7 Å². The van der Waals surface area contributed by atoms with Gasteiger partial charge in [0.25, 0.3) is 5.91 Å². The second-order valence-corrected chi connectivity index (χ2v) is 8.82. The maximum absolute atomic E-state index is 12.5. The number of rotatable bonds is 8. The minimum absolute atomic E-state index is 0. The number of hydrogen-bond donors (Lipinski definition) is 5. The highest BCUT2D eigenvalue weighted by atomic mass is 32.2. The van der Waals surface area contributed by atoms with E-state index in [2.05, 4.69) is 30.5 Å². The summed E-state index contributed by atoms with van der Waals surface area (Å²) in [4.78, 5) is 22.3. The second kappa shape index (κ2) is 9.22. The molecular weight excluding hydrogens is 446 g/mol. The Morgan fingerprint density at radius 2 is 1.97 bits per heavy atom. The Morgan fingerprint density at radius 1 is 1.18 bits per heavy atom. The van der Waals surface area contributed by atoms with Crippen molar-refractivity contribution in [3.8, 4) is 5.88 Å². The van der Waals surface area contributed by atoms with Crippen LogP contribution in [0.3, 0.4) is 0 Å². The lowest BCUT2D eigenvalue weighted by molar-refractivity contribution is 0.0953. The lowest BCUT2D eigenvalue weighted by Gasteiger charge is -2.05. The van der Waals surface area contributed by atoms with E-state index in [1.54, 1.807) is 30.7 Å². The number of H-pyrrole nitrogens is 2. The van der Waals surface area contributed by atoms with Crippen LogP contribution < -0.4 is 10.5 Å². The van der Waals surface area contributed by atoms with Crippen LogP contribution in [0.15, 0.2) is 70.1 Å². The zero-order chi connectivity index (χ0) is 23.4. The van der Waals surface area contributed by atoms with Crippen LogP contribution >= 0.6 is 0 Å². The Kier molecular flexibility index (Phi) is 6.20. The van der Waals surface area contributed by atoms with Crippen LogP contribution in [0.1, 0.15) is 23.9 Å². The fraction of sp³-hybridized carbons (Fsp3) is 0.143. The number of nitrogens with two attached hydrogens (primary N) is 1. The number of aryl methyl sites for hydroxylation is 1. The van der Waals surface area contributed by atoms with Crippen LogP contribution in [0.25, 0.3) is 10.9 Å². The number of fused-ring (bicyclic) bond motifs is 1. The van der Waals surface area contributed by atoms with E-state index in [-0.39, 0.29) is 23.8 Å². The standard InChI is InChI=1S/C21H21N7O4S.H2/c22-33(31,32)16-6-4-14(5-7-16)27-28-19-17-10-13(3-8-18(17)26-21(19)30)20(29)24-9-1-2-15-11-23-12-25-15;/h3-8,10-12,26,30H,1-2,9H2,(H,23,25)(H,24,29)(H2,22,31,32);1H. The summed E-state index contributed by atoms with van der Waals surface area (Å²) in [5, 5.41) is 26.8. The van der Waals surface area contributed by atoms with Gasteiger partial charge in [-0.3, -0.25) is 4.79 Å². The molecule has 0 atom stereocenters. The molecule has 2 aromatic heterocycles. The van der Waals surface area contributed by atoms with E-state index >= 15 is 0 Å². The number of nitrogens with zero attached hydrogens (tertiary/aromatic N) is 3. The third kappa shape index (κ3) is 5.25. The normalized spacial score (nSPS) is 11.9. The Hall–Kier alpha value is -4.03. The van der Waals surface area contributed by atoms with Crippen LogP contribution in [0.2, 0.25) is 0 Å². The van der Waals surface area contributed by atoms with E-state index in [0.717, 1.165) is 18.5 Å². The fourth-order valence-corrected chi connectivity index (χ4v) is 3.74. The number of aromatic nitrogens is 3. The largest absolute Gasteiger partial charge is 0.493 e. The van der Waals surface area contributed by atoms with Gasteiger partial charge in [-0.1, -0.05) is 0 Å². The second-order valence-electron chi connectivity index (χ2n) is 7.26. The first-order chi connectivity index (χ1) is 15.8. The number of carbonyl (C=O) groups is 1. The summed E-state index contributed by atoms with van der Waals surface area (Å²) in [6.07, 6.45) is 4.89. The fourth-order valence-electron chi connectivity index (χ4n) is 3.22. The molecule has 0 aliphatic carbocycles. The number of azo groups is 1. The molecule has 1 amide bonds. The number of amides is 1. The Morgan fingerprint density at radius 3 is 2.67 bits per heavy atom. The van der Waals surface area contributed by atoms with E-state index in [1.165, 1.54) is 24.3 Å². The van der Waals surface area contributed by atoms with Gasteiger partial charge in [0.15, 0.2) is 5.69 Å². The molecular formula is C21H23N7O4S. The smallest absolute Gasteiger partial charge is 0.251 e. The zero-order valence-electron chi connectivity index (χ0n) is 17.3. The van der Waals surface area contributed by atoms with Crippen molar-refractivity contribution in [2.45, 2.75) is 17.7 Å². The molecule has 6 N–H and O–H groups in total. The van der Waals surface area contributed by atoms with Gasteiger partial charge >= 0.3 is 0 Å². The third-order valence-corrected chi connectivity index (χ3v) is 5.84. The van der Waals surface area contributed by atoms with Gasteiger partial charge in [-0.2, -0.15) is 5.11 Å². The first-order valence-corrected chi connectivity index (χ1v) is 11.5. The molecule has 0 spiro atoms. The topological polar surface area (TPSA) is 179 Å². The molecule has 2 heterocycles. The summed E-state index contributed by atoms with van der Waals surface area (Å²) >= 11 is 0. The molecule has 0 radical (unpaired) electrons. The zero-order valence-corrected chi connectivity index (χ0v) is 18.1. The summed E-state index contributed by atoms with van der Waals surface area (Å²) in [5.41, 5.74) is 2.53. The molecule has 33 heavy (non-hydrogen) atoms. The molecule has 4 aromatic rings. The van der Waals surface area contributed by atoms with E-state index in [1.807, 2.05) is 0 Å². The van der Waals surface area contributed by atoms with Gasteiger partial charge in [-0.15, -0.1) is 5.11 Å². The average Bonchev–Trinajstić information content (AvgIpc) is 3.41. The molecule has 2 aromatic carbocycles. The van der Waals surface area contributed by atoms with Crippen molar-refractivity contribution >= 4 is 38.2 Å². The van der Waals surface area contributed by atoms with Crippen molar-refractivity contribution in [3.05, 3.63) is 66.2 Å². The Balaban J connectivity index is 0.00000324. The minimum atomic E-state index is -3.81. The van der Waals surface area contributed by atoms with E-state index < -0.39 is 10.0 Å². The van der Waals surface area contributed by atoms with Crippen molar-refractivity contribution in [2.75, 3.05) is 6.54 Å². The van der Waals surface area contributed by atoms with Gasteiger partial charge in [0, 0.05) is 30.8 Å². The predicted molar refractivity (Wildman–Crippen MR) is 123 cm³/mol. The average molecular weight is 470 g/mol. The molecule has 0 saturated heterocycles. The van der Waals surface area contributed by atoms with Gasteiger partial charge in [-0.25, -0.2) is 18.5 Å². The highest BCUT2D eigenvalue weighted by molar-refractivity contribution is 7.89. The molecule has 12 heteroatoms. The highest BCUT2D eigenvalue weighted by Crippen LogP contribution is 2.36. The molecule has 0 aliphatic heterocycles. The van der Waals surface area contributed by atoms with Crippen LogP contribution in [0.5, 0.6) is 5.88 Å². The first-order valence-electron chi connectivity index (χ1n) is 9.96. The lowest BCUT2D eigenvalue weighted by atomic mass is 10.1. The van der Waals surface area contributed by atoms with Crippen LogP contribution in [0, 0.1) is 0 Å². The lowest BCUT2D eigenvalue weighted by Crippen LogP contribution is -2.24.